The molecule has 0 saturated heterocycles. The molecule has 2 N–H and O–H groups in total. The Bertz CT molecular complexity index is 605. The van der Waals surface area contributed by atoms with E-state index in [1.807, 2.05) is 0 Å². The summed E-state index contributed by atoms with van der Waals surface area (Å²) in [6, 6.07) is 0. The molecule has 0 spiro atoms. The van der Waals surface area contributed by atoms with Gasteiger partial charge in [0.25, 0.3) is 0 Å². The Labute approximate surface area is 173 Å². The van der Waals surface area contributed by atoms with Crippen LogP contribution < -0.4 is 5.73 Å². The van der Waals surface area contributed by atoms with Crippen molar-refractivity contribution in [2.45, 2.75) is 116 Å². The largest absolute Gasteiger partial charge is 0.329 e. The van der Waals surface area contributed by atoms with Crippen LogP contribution in [0.15, 0.2) is 0 Å². The van der Waals surface area contributed by atoms with Gasteiger partial charge in [0, 0.05) is 24.2 Å². The second kappa shape index (κ2) is 5.21. The van der Waals surface area contributed by atoms with Gasteiger partial charge in [0.05, 0.1) is 0 Å². The van der Waals surface area contributed by atoms with Crippen molar-refractivity contribution in [1.29, 1.82) is 0 Å². The van der Waals surface area contributed by atoms with Gasteiger partial charge >= 0.3 is 0 Å². The van der Waals surface area contributed by atoms with Gasteiger partial charge in [-0.3, -0.25) is 4.90 Å². The van der Waals surface area contributed by atoms with Crippen molar-refractivity contribution in [3.63, 3.8) is 0 Å². The second-order valence-electron chi connectivity index (χ2n) is 14.6. The molecule has 4 unspecified atom stereocenters. The Balaban J connectivity index is 1.44. The average Bonchev–Trinajstić information content (AvgIpc) is 2.44. The van der Waals surface area contributed by atoms with E-state index in [1.54, 1.807) is 0 Å². The monoisotopic (exact) mass is 384 g/mol. The van der Waals surface area contributed by atoms with Crippen molar-refractivity contribution in [1.82, 2.24) is 4.90 Å². The van der Waals surface area contributed by atoms with Gasteiger partial charge in [-0.15, -0.1) is 0 Å². The van der Waals surface area contributed by atoms with Gasteiger partial charge in [-0.2, -0.15) is 0 Å². The highest BCUT2D eigenvalue weighted by atomic mass is 15.3. The van der Waals surface area contributed by atoms with Crippen molar-refractivity contribution in [2.75, 3.05) is 13.1 Å². The normalized spacial score (nSPS) is 61.5. The summed E-state index contributed by atoms with van der Waals surface area (Å²) in [7, 11) is 0. The first-order valence-electron chi connectivity index (χ1n) is 12.5. The third-order valence-electron chi connectivity index (χ3n) is 10.7. The minimum Gasteiger partial charge on any atom is -0.329 e. The molecule has 8 aliphatic carbocycles. The van der Waals surface area contributed by atoms with Gasteiger partial charge in [0.15, 0.2) is 0 Å². The van der Waals surface area contributed by atoms with E-state index in [-0.39, 0.29) is 0 Å². The molecule has 0 aromatic rings. The Morgan fingerprint density at radius 3 is 1.25 bits per heavy atom. The lowest BCUT2D eigenvalue weighted by Gasteiger charge is -2.74. The zero-order valence-electron chi connectivity index (χ0n) is 19.1. The Morgan fingerprint density at radius 1 is 0.607 bits per heavy atom. The van der Waals surface area contributed by atoms with Gasteiger partial charge in [0.2, 0.25) is 0 Å². The molecule has 8 bridgehead atoms. The van der Waals surface area contributed by atoms with Crippen LogP contribution >= 0.6 is 0 Å². The lowest BCUT2D eigenvalue weighted by molar-refractivity contribution is -0.233. The highest BCUT2D eigenvalue weighted by Gasteiger charge is 2.68. The molecule has 0 aliphatic heterocycles. The molecule has 8 saturated carbocycles. The van der Waals surface area contributed by atoms with Crippen molar-refractivity contribution in [3.8, 4) is 0 Å². The van der Waals surface area contributed by atoms with Crippen LogP contribution in [-0.2, 0) is 0 Å². The maximum Gasteiger partial charge on any atom is 0.0228 e. The molecule has 4 atom stereocenters. The van der Waals surface area contributed by atoms with E-state index in [1.165, 1.54) is 77.0 Å². The molecule has 8 rings (SSSR count). The predicted octanol–water partition coefficient (Wildman–Crippen LogP) is 5.75. The SMILES string of the molecule is CC12CC3CC(C)(C1)CC(N(CCN)C14CC5CC(C)(CC(C)(C5)C1)C4)(C3)C2. The van der Waals surface area contributed by atoms with Gasteiger partial charge in [-0.1, -0.05) is 27.7 Å². The zero-order valence-corrected chi connectivity index (χ0v) is 19.1. The summed E-state index contributed by atoms with van der Waals surface area (Å²) in [4.78, 5) is 3.15. The van der Waals surface area contributed by atoms with Crippen molar-refractivity contribution in [2.24, 2.45) is 39.2 Å². The number of hydrogen-bond acceptors (Lipinski definition) is 2. The van der Waals surface area contributed by atoms with Gasteiger partial charge in [0.1, 0.15) is 0 Å². The van der Waals surface area contributed by atoms with Crippen LogP contribution in [0.25, 0.3) is 0 Å². The first kappa shape index (κ1) is 18.7. The summed E-state index contributed by atoms with van der Waals surface area (Å²) < 4.78 is 0. The summed E-state index contributed by atoms with van der Waals surface area (Å²) in [5, 5.41) is 0. The molecule has 28 heavy (non-hydrogen) atoms. The van der Waals surface area contributed by atoms with Crippen LogP contribution in [0.3, 0.4) is 0 Å². The fourth-order valence-corrected chi connectivity index (χ4v) is 12.5. The minimum atomic E-state index is 0.459. The van der Waals surface area contributed by atoms with Crippen LogP contribution in [0.1, 0.15) is 105 Å². The molecule has 0 aromatic heterocycles. The first-order chi connectivity index (χ1) is 13.0. The third-order valence-corrected chi connectivity index (χ3v) is 10.7. The van der Waals surface area contributed by atoms with Crippen LogP contribution in [0, 0.1) is 33.5 Å². The standard InChI is InChI=1S/C26H44N2/c1-21-7-19-8-22(2,13-21)16-25(11-19,15-21)28(6-5-27)26-12-20-9-23(3,17-26)14-24(4,10-20)18-26/h19-20H,5-18,27H2,1-4H3. The Morgan fingerprint density at radius 2 is 0.964 bits per heavy atom. The number of hydrogen-bond donors (Lipinski definition) is 1. The van der Waals surface area contributed by atoms with Crippen molar-refractivity contribution < 1.29 is 0 Å². The van der Waals surface area contributed by atoms with E-state index in [9.17, 15) is 0 Å². The van der Waals surface area contributed by atoms with E-state index in [0.717, 1.165) is 24.9 Å². The topological polar surface area (TPSA) is 29.3 Å². The quantitative estimate of drug-likeness (QED) is 0.669. The molecule has 2 nitrogen and oxygen atoms in total. The fraction of sp³-hybridized carbons (Fsp3) is 1.00. The molecule has 0 aromatic carbocycles. The Hall–Kier alpha value is -0.0800. The number of nitrogens with zero attached hydrogens (tertiary/aromatic N) is 1. The molecule has 0 radical (unpaired) electrons. The lowest BCUT2D eigenvalue weighted by atomic mass is 9.39. The smallest absolute Gasteiger partial charge is 0.0228 e. The number of rotatable bonds is 4. The molecule has 0 heterocycles. The number of nitrogens with two attached hydrogens (primary N) is 1. The summed E-state index contributed by atoms with van der Waals surface area (Å²) >= 11 is 0. The van der Waals surface area contributed by atoms with Crippen molar-refractivity contribution >= 4 is 0 Å². The fourth-order valence-electron chi connectivity index (χ4n) is 12.5. The van der Waals surface area contributed by atoms with Gasteiger partial charge in [-0.25, -0.2) is 0 Å². The summed E-state index contributed by atoms with van der Waals surface area (Å²) in [6.07, 6.45) is 17.8. The molecular formula is C26H44N2. The maximum atomic E-state index is 6.36. The van der Waals surface area contributed by atoms with E-state index in [4.69, 9.17) is 5.73 Å². The maximum absolute atomic E-state index is 6.36. The lowest BCUT2D eigenvalue weighted by Crippen LogP contribution is -2.74. The molecular weight excluding hydrogens is 340 g/mol. The van der Waals surface area contributed by atoms with E-state index >= 15 is 0 Å². The molecule has 0 amide bonds. The highest BCUT2D eigenvalue weighted by Crippen LogP contribution is 2.72. The minimum absolute atomic E-state index is 0.459. The zero-order chi connectivity index (χ0) is 19.6. The first-order valence-corrected chi connectivity index (χ1v) is 12.5. The molecule has 8 aliphatic rings. The summed E-state index contributed by atoms with van der Waals surface area (Å²) in [5.41, 5.74) is 9.65. The molecule has 158 valence electrons. The van der Waals surface area contributed by atoms with Crippen LogP contribution in [-0.4, -0.2) is 29.1 Å². The summed E-state index contributed by atoms with van der Waals surface area (Å²) in [6.45, 7) is 12.6. The van der Waals surface area contributed by atoms with Crippen LogP contribution in [0.2, 0.25) is 0 Å². The van der Waals surface area contributed by atoms with Crippen LogP contribution in [0.4, 0.5) is 0 Å². The second-order valence-corrected chi connectivity index (χ2v) is 14.6. The van der Waals surface area contributed by atoms with E-state index in [2.05, 4.69) is 32.6 Å². The predicted molar refractivity (Wildman–Crippen MR) is 116 cm³/mol. The molecule has 2 heteroatoms. The van der Waals surface area contributed by atoms with Gasteiger partial charge in [-0.05, 0) is 111 Å². The Kier molecular flexibility index (Phi) is 3.47. The van der Waals surface area contributed by atoms with E-state index in [0.29, 0.717) is 32.7 Å². The average molecular weight is 385 g/mol. The van der Waals surface area contributed by atoms with Crippen LogP contribution in [0.5, 0.6) is 0 Å². The summed E-state index contributed by atoms with van der Waals surface area (Å²) in [5.74, 6) is 1.96. The van der Waals surface area contributed by atoms with Crippen molar-refractivity contribution in [3.05, 3.63) is 0 Å². The van der Waals surface area contributed by atoms with E-state index < -0.39 is 0 Å². The third kappa shape index (κ3) is 2.46. The molecule has 8 fully saturated rings. The van der Waals surface area contributed by atoms with Gasteiger partial charge < -0.3 is 5.73 Å². The highest BCUT2D eigenvalue weighted by molar-refractivity contribution is 5.21.